The molecule has 0 aliphatic carbocycles. The smallest absolute Gasteiger partial charge is 0.0788 e. The number of nitrogens with zero attached hydrogens (tertiary/aromatic N) is 2. The molecule has 0 N–H and O–H groups in total. The second-order valence-electron chi connectivity index (χ2n) is 14.0. The summed E-state index contributed by atoms with van der Waals surface area (Å²) >= 11 is 0. The molecule has 2 heterocycles. The van der Waals surface area contributed by atoms with E-state index >= 15 is 0 Å². The zero-order valence-electron chi connectivity index (χ0n) is 28.9. The van der Waals surface area contributed by atoms with Crippen LogP contribution in [0.4, 0.5) is 0 Å². The monoisotopic (exact) mass is 672 g/mol. The first-order valence-electron chi connectivity index (χ1n) is 18.2. The standard InChI is InChI=1S/C51H32N2/c1-2-12-42(13-3-1)53-49-17-9-7-15-44(49)46-31-47-45(32-50(46)53)43-14-6-8-16-48(43)52-51(47)35-21-18-34(19-22-35)37-24-25-40-30-41(27-26-39(40)29-37)38-23-20-33-10-4-5-11-36(33)28-38/h1-32H. The molecule has 246 valence electrons. The molecule has 0 amide bonds. The van der Waals surface area contributed by atoms with Crippen molar-refractivity contribution >= 4 is 65.0 Å². The van der Waals surface area contributed by atoms with E-state index in [2.05, 4.69) is 199 Å². The zero-order chi connectivity index (χ0) is 34.9. The molecule has 0 atom stereocenters. The van der Waals surface area contributed by atoms with E-state index in [1.165, 1.54) is 71.0 Å². The van der Waals surface area contributed by atoms with Crippen LogP contribution in [0, 0.1) is 0 Å². The Bertz CT molecular complexity index is 3210. The Morgan fingerprint density at radius 1 is 0.302 bits per heavy atom. The van der Waals surface area contributed by atoms with Crippen molar-refractivity contribution in [2.24, 2.45) is 0 Å². The predicted molar refractivity (Wildman–Crippen MR) is 225 cm³/mol. The summed E-state index contributed by atoms with van der Waals surface area (Å²) in [6.45, 7) is 0. The molecular weight excluding hydrogens is 641 g/mol. The number of aromatic nitrogens is 2. The van der Waals surface area contributed by atoms with E-state index in [1.54, 1.807) is 0 Å². The summed E-state index contributed by atoms with van der Waals surface area (Å²) in [4.78, 5) is 5.31. The predicted octanol–water partition coefficient (Wildman–Crippen LogP) is 13.8. The van der Waals surface area contributed by atoms with Crippen molar-refractivity contribution in [1.29, 1.82) is 0 Å². The van der Waals surface area contributed by atoms with E-state index in [-0.39, 0.29) is 0 Å². The third kappa shape index (κ3) is 4.84. The van der Waals surface area contributed by atoms with Crippen molar-refractivity contribution in [3.63, 3.8) is 0 Å². The highest BCUT2D eigenvalue weighted by Crippen LogP contribution is 2.40. The lowest BCUT2D eigenvalue weighted by molar-refractivity contribution is 1.18. The summed E-state index contributed by atoms with van der Waals surface area (Å²) in [6.07, 6.45) is 0. The Hall–Kier alpha value is -7.03. The molecule has 11 aromatic rings. The van der Waals surface area contributed by atoms with Crippen LogP contribution in [0.5, 0.6) is 0 Å². The van der Waals surface area contributed by atoms with E-state index in [0.29, 0.717) is 0 Å². The third-order valence-corrected chi connectivity index (χ3v) is 10.9. The number of para-hydroxylation sites is 3. The van der Waals surface area contributed by atoms with Crippen LogP contribution in [0.15, 0.2) is 194 Å². The molecule has 0 unspecified atom stereocenters. The van der Waals surface area contributed by atoms with Gasteiger partial charge in [0.2, 0.25) is 0 Å². The van der Waals surface area contributed by atoms with Gasteiger partial charge in [-0.2, -0.15) is 0 Å². The lowest BCUT2D eigenvalue weighted by Gasteiger charge is -2.13. The van der Waals surface area contributed by atoms with Crippen LogP contribution < -0.4 is 0 Å². The van der Waals surface area contributed by atoms with Crippen LogP contribution in [0.25, 0.3) is 104 Å². The van der Waals surface area contributed by atoms with Gasteiger partial charge in [0, 0.05) is 32.8 Å². The second kappa shape index (κ2) is 11.8. The number of hydrogen-bond donors (Lipinski definition) is 0. The largest absolute Gasteiger partial charge is 0.309 e. The molecule has 2 heteroatoms. The molecule has 0 saturated carbocycles. The van der Waals surface area contributed by atoms with Crippen molar-refractivity contribution in [3.05, 3.63) is 194 Å². The van der Waals surface area contributed by atoms with E-state index in [9.17, 15) is 0 Å². The Labute approximate surface area is 306 Å². The topological polar surface area (TPSA) is 17.8 Å². The van der Waals surface area contributed by atoms with E-state index in [4.69, 9.17) is 4.98 Å². The minimum Gasteiger partial charge on any atom is -0.309 e. The molecule has 0 aliphatic rings. The maximum atomic E-state index is 5.31. The number of fused-ring (bicyclic) bond motifs is 8. The highest BCUT2D eigenvalue weighted by atomic mass is 15.0. The fourth-order valence-corrected chi connectivity index (χ4v) is 8.28. The van der Waals surface area contributed by atoms with Gasteiger partial charge >= 0.3 is 0 Å². The quantitative estimate of drug-likeness (QED) is 0.170. The van der Waals surface area contributed by atoms with Gasteiger partial charge in [-0.15, -0.1) is 0 Å². The summed E-state index contributed by atoms with van der Waals surface area (Å²) in [5.41, 5.74) is 11.5. The summed E-state index contributed by atoms with van der Waals surface area (Å²) in [5.74, 6) is 0. The Kier molecular flexibility index (Phi) is 6.59. The van der Waals surface area contributed by atoms with Crippen molar-refractivity contribution in [2.75, 3.05) is 0 Å². The molecule has 2 nitrogen and oxygen atoms in total. The van der Waals surface area contributed by atoms with Gasteiger partial charge in [-0.25, -0.2) is 4.98 Å². The van der Waals surface area contributed by atoms with Crippen LogP contribution in [0.2, 0.25) is 0 Å². The van der Waals surface area contributed by atoms with Crippen LogP contribution in [0.3, 0.4) is 0 Å². The molecule has 53 heavy (non-hydrogen) atoms. The fourth-order valence-electron chi connectivity index (χ4n) is 8.28. The number of hydrogen-bond acceptors (Lipinski definition) is 1. The van der Waals surface area contributed by atoms with Gasteiger partial charge in [0.15, 0.2) is 0 Å². The van der Waals surface area contributed by atoms with Gasteiger partial charge in [-0.1, -0.05) is 140 Å². The maximum Gasteiger partial charge on any atom is 0.0788 e. The molecule has 0 aliphatic heterocycles. The normalized spacial score (nSPS) is 11.8. The number of rotatable bonds is 4. The summed E-state index contributed by atoms with van der Waals surface area (Å²) in [7, 11) is 0. The summed E-state index contributed by atoms with van der Waals surface area (Å²) < 4.78 is 2.39. The Morgan fingerprint density at radius 3 is 1.60 bits per heavy atom. The second-order valence-corrected chi connectivity index (χ2v) is 14.0. The molecular formula is C51H32N2. The molecule has 9 aromatic carbocycles. The molecule has 11 rings (SSSR count). The van der Waals surface area contributed by atoms with Crippen molar-refractivity contribution in [1.82, 2.24) is 9.55 Å². The lowest BCUT2D eigenvalue weighted by atomic mass is 9.95. The molecule has 0 fully saturated rings. The number of pyridine rings is 1. The zero-order valence-corrected chi connectivity index (χ0v) is 28.9. The van der Waals surface area contributed by atoms with Gasteiger partial charge < -0.3 is 4.57 Å². The summed E-state index contributed by atoms with van der Waals surface area (Å²) in [5, 5.41) is 11.0. The molecule has 2 aromatic heterocycles. The maximum absolute atomic E-state index is 5.31. The average molecular weight is 673 g/mol. The van der Waals surface area contributed by atoms with Gasteiger partial charge in [0.25, 0.3) is 0 Å². The minimum absolute atomic E-state index is 0.999. The van der Waals surface area contributed by atoms with Crippen molar-refractivity contribution in [2.45, 2.75) is 0 Å². The Morgan fingerprint density at radius 2 is 0.849 bits per heavy atom. The number of benzene rings is 9. The highest BCUT2D eigenvalue weighted by Gasteiger charge is 2.17. The van der Waals surface area contributed by atoms with Gasteiger partial charge in [0.05, 0.1) is 22.2 Å². The van der Waals surface area contributed by atoms with Crippen LogP contribution in [0.1, 0.15) is 0 Å². The van der Waals surface area contributed by atoms with Gasteiger partial charge in [0.1, 0.15) is 0 Å². The third-order valence-electron chi connectivity index (χ3n) is 10.9. The first kappa shape index (κ1) is 29.7. The SMILES string of the molecule is c1ccc(-n2c3ccccc3c3cc4c(-c5ccc(-c6ccc7cc(-c8ccc9ccccc9c8)ccc7c6)cc5)nc5ccccc5c4cc32)cc1. The first-order valence-corrected chi connectivity index (χ1v) is 18.2. The van der Waals surface area contributed by atoms with Crippen LogP contribution in [-0.2, 0) is 0 Å². The van der Waals surface area contributed by atoms with Crippen LogP contribution in [-0.4, -0.2) is 9.55 Å². The van der Waals surface area contributed by atoms with Crippen molar-refractivity contribution in [3.8, 4) is 39.2 Å². The molecule has 0 radical (unpaired) electrons. The molecule has 0 spiro atoms. The van der Waals surface area contributed by atoms with Crippen LogP contribution >= 0.6 is 0 Å². The molecule has 0 bridgehead atoms. The van der Waals surface area contributed by atoms with E-state index in [1.807, 2.05) is 0 Å². The van der Waals surface area contributed by atoms with E-state index in [0.717, 1.165) is 33.2 Å². The van der Waals surface area contributed by atoms with Crippen molar-refractivity contribution < 1.29 is 0 Å². The highest BCUT2D eigenvalue weighted by molar-refractivity contribution is 6.20. The fraction of sp³-hybridized carbons (Fsp3) is 0. The minimum atomic E-state index is 0.999. The summed E-state index contributed by atoms with van der Waals surface area (Å²) in [6, 6.07) is 70.4. The van der Waals surface area contributed by atoms with Gasteiger partial charge in [-0.3, -0.25) is 0 Å². The first-order chi connectivity index (χ1) is 26.2. The van der Waals surface area contributed by atoms with E-state index < -0.39 is 0 Å². The lowest BCUT2D eigenvalue weighted by Crippen LogP contribution is -1.94. The van der Waals surface area contributed by atoms with Gasteiger partial charge in [-0.05, 0) is 104 Å². The average Bonchev–Trinajstić information content (AvgIpc) is 3.56. The Balaban J connectivity index is 1.01. The molecule has 0 saturated heterocycles.